The third-order valence-corrected chi connectivity index (χ3v) is 1.99. The Morgan fingerprint density at radius 2 is 2.13 bits per heavy atom. The first-order chi connectivity index (χ1) is 6.99. The number of nitrogens with zero attached hydrogens (tertiary/aromatic N) is 1. The minimum absolute atomic E-state index is 0.249. The highest BCUT2D eigenvalue weighted by atomic mass is 79.9. The highest BCUT2D eigenvalue weighted by Gasteiger charge is 2.06. The van der Waals surface area contributed by atoms with Gasteiger partial charge in [-0.1, -0.05) is 0 Å². The molecule has 0 aliphatic carbocycles. The maximum Gasteiger partial charge on any atom is 0.318 e. The predicted octanol–water partition coefficient (Wildman–Crippen LogP) is -0.194. The van der Waals surface area contributed by atoms with Gasteiger partial charge < -0.3 is 10.3 Å². The van der Waals surface area contributed by atoms with Crippen LogP contribution >= 0.6 is 15.9 Å². The second-order valence-electron chi connectivity index (χ2n) is 2.73. The van der Waals surface area contributed by atoms with Gasteiger partial charge in [0.2, 0.25) is 5.91 Å². The zero-order valence-corrected chi connectivity index (χ0v) is 9.15. The smallest absolute Gasteiger partial charge is 0.318 e. The second kappa shape index (κ2) is 4.74. The first-order valence-corrected chi connectivity index (χ1v) is 4.73. The van der Waals surface area contributed by atoms with Crippen molar-refractivity contribution in [2.45, 2.75) is 6.54 Å². The number of carbonyl (C=O) groups is 2. The van der Waals surface area contributed by atoms with Crippen molar-refractivity contribution in [2.24, 2.45) is 5.73 Å². The molecule has 0 fully saturated rings. The quantitative estimate of drug-likeness (QED) is 0.782. The number of amides is 3. The fourth-order valence-corrected chi connectivity index (χ4v) is 1.34. The third-order valence-electron chi connectivity index (χ3n) is 1.52. The summed E-state index contributed by atoms with van der Waals surface area (Å²) in [6.45, 7) is -0.249. The maximum absolute atomic E-state index is 11.2. The Morgan fingerprint density at radius 3 is 2.73 bits per heavy atom. The van der Waals surface area contributed by atoms with E-state index in [4.69, 9.17) is 5.73 Å². The van der Waals surface area contributed by atoms with Crippen LogP contribution in [0, 0.1) is 0 Å². The van der Waals surface area contributed by atoms with E-state index in [9.17, 15) is 14.4 Å². The standard InChI is InChI=1S/C8H8BrN3O3/c9-5-1-2-7(14)12(3-5)4-6(13)11-8(10)15/h1-3H,4H2,(H3,10,11,13,15). The number of aromatic nitrogens is 1. The van der Waals surface area contributed by atoms with Gasteiger partial charge in [-0.3, -0.25) is 14.9 Å². The molecule has 0 saturated heterocycles. The number of primary amides is 1. The van der Waals surface area contributed by atoms with Crippen molar-refractivity contribution in [2.75, 3.05) is 0 Å². The first kappa shape index (κ1) is 11.4. The highest BCUT2D eigenvalue weighted by Crippen LogP contribution is 2.04. The maximum atomic E-state index is 11.2. The molecule has 1 aromatic heterocycles. The zero-order chi connectivity index (χ0) is 11.4. The fourth-order valence-electron chi connectivity index (χ4n) is 0.957. The van der Waals surface area contributed by atoms with Gasteiger partial charge in [-0.2, -0.15) is 0 Å². The van der Waals surface area contributed by atoms with Gasteiger partial charge in [0.05, 0.1) is 0 Å². The Balaban J connectivity index is 2.80. The summed E-state index contributed by atoms with van der Waals surface area (Å²) >= 11 is 3.15. The van der Waals surface area contributed by atoms with Crippen LogP contribution in [0.15, 0.2) is 27.6 Å². The van der Waals surface area contributed by atoms with Crippen molar-refractivity contribution in [3.8, 4) is 0 Å². The Kier molecular flexibility index (Phi) is 3.62. The molecule has 0 unspecified atom stereocenters. The van der Waals surface area contributed by atoms with Gasteiger partial charge in [0.15, 0.2) is 0 Å². The van der Waals surface area contributed by atoms with Gasteiger partial charge in [0.25, 0.3) is 5.56 Å². The van der Waals surface area contributed by atoms with Crippen molar-refractivity contribution in [3.63, 3.8) is 0 Å². The molecule has 1 rings (SSSR count). The van der Waals surface area contributed by atoms with Crippen LogP contribution in [-0.2, 0) is 11.3 Å². The molecular weight excluding hydrogens is 266 g/mol. The molecule has 0 radical (unpaired) electrons. The Bertz CT molecular complexity index is 455. The number of halogens is 1. The number of urea groups is 1. The summed E-state index contributed by atoms with van der Waals surface area (Å²) in [5.41, 5.74) is 4.41. The number of imide groups is 1. The molecule has 0 aromatic carbocycles. The van der Waals surface area contributed by atoms with E-state index in [1.54, 1.807) is 6.07 Å². The normalized spacial score (nSPS) is 9.67. The molecule has 3 N–H and O–H groups in total. The summed E-state index contributed by atoms with van der Waals surface area (Å²) in [5, 5.41) is 1.86. The summed E-state index contributed by atoms with van der Waals surface area (Å²) in [6.07, 6.45) is 1.45. The molecule has 0 aliphatic heterocycles. The van der Waals surface area contributed by atoms with Crippen molar-refractivity contribution in [1.29, 1.82) is 0 Å². The molecule has 0 saturated carbocycles. The van der Waals surface area contributed by atoms with E-state index >= 15 is 0 Å². The molecule has 0 atom stereocenters. The number of carbonyl (C=O) groups excluding carboxylic acids is 2. The second-order valence-corrected chi connectivity index (χ2v) is 3.64. The Morgan fingerprint density at radius 1 is 1.47 bits per heavy atom. The van der Waals surface area contributed by atoms with Crippen LogP contribution in [0.5, 0.6) is 0 Å². The molecule has 15 heavy (non-hydrogen) atoms. The summed E-state index contributed by atoms with van der Waals surface area (Å²) in [6, 6.07) is 1.93. The topological polar surface area (TPSA) is 94.2 Å². The number of nitrogens with one attached hydrogen (secondary N) is 1. The minimum Gasteiger partial charge on any atom is -0.351 e. The predicted molar refractivity (Wildman–Crippen MR) is 56.1 cm³/mol. The van der Waals surface area contributed by atoms with Crippen molar-refractivity contribution in [3.05, 3.63) is 33.2 Å². The fraction of sp³-hybridized carbons (Fsp3) is 0.125. The number of nitrogens with two attached hydrogens (primary N) is 1. The van der Waals surface area contributed by atoms with Crippen molar-refractivity contribution in [1.82, 2.24) is 9.88 Å². The number of hydrogen-bond donors (Lipinski definition) is 2. The van der Waals surface area contributed by atoms with E-state index in [-0.39, 0.29) is 12.1 Å². The molecule has 1 heterocycles. The summed E-state index contributed by atoms with van der Waals surface area (Å²) in [7, 11) is 0. The lowest BCUT2D eigenvalue weighted by molar-refractivity contribution is -0.120. The van der Waals surface area contributed by atoms with Crippen LogP contribution in [0.4, 0.5) is 4.79 Å². The number of pyridine rings is 1. The zero-order valence-electron chi connectivity index (χ0n) is 7.57. The van der Waals surface area contributed by atoms with E-state index < -0.39 is 11.9 Å². The highest BCUT2D eigenvalue weighted by molar-refractivity contribution is 9.10. The van der Waals surface area contributed by atoms with E-state index in [0.717, 1.165) is 4.57 Å². The average molecular weight is 274 g/mol. The summed E-state index contributed by atoms with van der Waals surface area (Å²) < 4.78 is 1.82. The van der Waals surface area contributed by atoms with E-state index in [0.29, 0.717) is 4.47 Å². The van der Waals surface area contributed by atoms with Gasteiger partial charge in [-0.15, -0.1) is 0 Å². The van der Waals surface area contributed by atoms with Crippen LogP contribution in [0.25, 0.3) is 0 Å². The largest absolute Gasteiger partial charge is 0.351 e. The molecule has 1 aromatic rings. The van der Waals surface area contributed by atoms with Gasteiger partial charge >= 0.3 is 6.03 Å². The molecule has 0 bridgehead atoms. The van der Waals surface area contributed by atoms with Crippen LogP contribution in [-0.4, -0.2) is 16.5 Å². The lowest BCUT2D eigenvalue weighted by Crippen LogP contribution is -2.38. The van der Waals surface area contributed by atoms with Gasteiger partial charge in [-0.25, -0.2) is 4.79 Å². The molecule has 0 aliphatic rings. The lowest BCUT2D eigenvalue weighted by atomic mass is 10.4. The minimum atomic E-state index is -0.942. The lowest BCUT2D eigenvalue weighted by Gasteiger charge is -2.04. The Labute approximate surface area is 93.2 Å². The Hall–Kier alpha value is -1.63. The van der Waals surface area contributed by atoms with Crippen molar-refractivity contribution < 1.29 is 9.59 Å². The van der Waals surface area contributed by atoms with Gasteiger partial charge in [-0.05, 0) is 22.0 Å². The SMILES string of the molecule is NC(=O)NC(=O)Cn1cc(Br)ccc1=O. The molecule has 80 valence electrons. The average Bonchev–Trinajstić information content (AvgIpc) is 2.10. The monoisotopic (exact) mass is 273 g/mol. The van der Waals surface area contributed by atoms with Crippen LogP contribution < -0.4 is 16.6 Å². The van der Waals surface area contributed by atoms with Crippen molar-refractivity contribution >= 4 is 27.9 Å². The van der Waals surface area contributed by atoms with Crippen LogP contribution in [0.1, 0.15) is 0 Å². The third kappa shape index (κ3) is 3.55. The van der Waals surface area contributed by atoms with E-state index in [1.807, 2.05) is 5.32 Å². The number of rotatable bonds is 2. The molecule has 0 spiro atoms. The first-order valence-electron chi connectivity index (χ1n) is 3.94. The van der Waals surface area contributed by atoms with Crippen LogP contribution in [0.3, 0.4) is 0 Å². The molecular formula is C8H8BrN3O3. The summed E-state index contributed by atoms with van der Waals surface area (Å²) in [5.74, 6) is -0.636. The van der Waals surface area contributed by atoms with Crippen LogP contribution in [0.2, 0.25) is 0 Å². The summed E-state index contributed by atoms with van der Waals surface area (Å²) in [4.78, 5) is 32.7. The molecule has 3 amide bonds. The van der Waals surface area contributed by atoms with Gasteiger partial charge in [0, 0.05) is 16.7 Å². The van der Waals surface area contributed by atoms with E-state index in [2.05, 4.69) is 15.9 Å². The van der Waals surface area contributed by atoms with Gasteiger partial charge in [0.1, 0.15) is 6.54 Å². The van der Waals surface area contributed by atoms with E-state index in [1.165, 1.54) is 12.3 Å². The molecule has 7 heteroatoms. The number of hydrogen-bond acceptors (Lipinski definition) is 3. The molecule has 6 nitrogen and oxygen atoms in total.